The normalized spacial score (nSPS) is 14.5. The van der Waals surface area contributed by atoms with Gasteiger partial charge in [0.2, 0.25) is 11.8 Å². The Balaban J connectivity index is 1.64. The van der Waals surface area contributed by atoms with Gasteiger partial charge in [0.05, 0.1) is 10.3 Å². The van der Waals surface area contributed by atoms with Crippen LogP contribution in [0.3, 0.4) is 0 Å². The van der Waals surface area contributed by atoms with Gasteiger partial charge < -0.3 is 10.6 Å². The highest BCUT2D eigenvalue weighted by Gasteiger charge is 2.29. The fraction of sp³-hybridized carbons (Fsp3) is 0.300. The molecule has 0 spiro atoms. The predicted molar refractivity (Wildman–Crippen MR) is 108 cm³/mol. The van der Waals surface area contributed by atoms with E-state index in [1.165, 1.54) is 30.0 Å². The summed E-state index contributed by atoms with van der Waals surface area (Å²) >= 11 is 7.18. The Morgan fingerprint density at radius 3 is 2.59 bits per heavy atom. The van der Waals surface area contributed by atoms with Crippen LogP contribution < -0.4 is 10.6 Å². The molecule has 2 N–H and O–H groups in total. The SMILES string of the molecule is CCC(Sc1cccc(NC(=O)C2CC2)c1)C(=O)Nc1ccc(F)c(Cl)c1. The van der Waals surface area contributed by atoms with Crippen LogP contribution in [0, 0.1) is 11.7 Å². The molecule has 1 aliphatic carbocycles. The standard InChI is InChI=1S/C20H20ClFN2O2S/c1-2-18(20(26)24-14-8-9-17(22)16(21)11-14)27-15-5-3-4-13(10-15)23-19(25)12-6-7-12/h3-5,8-12,18H,2,6-7H2,1H3,(H,23,25)(H,24,26). The molecule has 4 nitrogen and oxygen atoms in total. The van der Waals surface area contributed by atoms with Gasteiger partial charge >= 0.3 is 0 Å². The fourth-order valence-corrected chi connectivity index (χ4v) is 3.71. The molecule has 2 aromatic carbocycles. The molecule has 2 amide bonds. The number of hydrogen-bond acceptors (Lipinski definition) is 3. The van der Waals surface area contributed by atoms with Gasteiger partial charge in [-0.15, -0.1) is 11.8 Å². The van der Waals surface area contributed by atoms with Crippen molar-refractivity contribution in [3.63, 3.8) is 0 Å². The Morgan fingerprint density at radius 2 is 1.93 bits per heavy atom. The van der Waals surface area contributed by atoms with Crippen LogP contribution in [0.5, 0.6) is 0 Å². The molecule has 142 valence electrons. The van der Waals surface area contributed by atoms with Gasteiger partial charge in [-0.3, -0.25) is 9.59 Å². The fourth-order valence-electron chi connectivity index (χ4n) is 2.52. The van der Waals surface area contributed by atoms with E-state index in [-0.39, 0.29) is 28.0 Å². The molecule has 0 aromatic heterocycles. The number of anilines is 2. The maximum Gasteiger partial charge on any atom is 0.237 e. The summed E-state index contributed by atoms with van der Waals surface area (Å²) in [5.41, 5.74) is 1.19. The number of nitrogens with one attached hydrogen (secondary N) is 2. The molecule has 7 heteroatoms. The summed E-state index contributed by atoms with van der Waals surface area (Å²) < 4.78 is 13.3. The number of amides is 2. The molecule has 1 unspecified atom stereocenters. The number of hydrogen-bond donors (Lipinski definition) is 2. The van der Waals surface area contributed by atoms with Gasteiger partial charge in [-0.2, -0.15) is 0 Å². The van der Waals surface area contributed by atoms with Crippen LogP contribution in [0.15, 0.2) is 47.4 Å². The van der Waals surface area contributed by atoms with Crippen LogP contribution in [0.2, 0.25) is 5.02 Å². The Hall–Kier alpha value is -2.05. The molecular weight excluding hydrogens is 387 g/mol. The third-order valence-corrected chi connectivity index (χ3v) is 5.83. The zero-order valence-electron chi connectivity index (χ0n) is 14.8. The van der Waals surface area contributed by atoms with E-state index in [2.05, 4.69) is 10.6 Å². The van der Waals surface area contributed by atoms with Crippen molar-refractivity contribution >= 4 is 46.6 Å². The molecule has 0 aliphatic heterocycles. The van der Waals surface area contributed by atoms with Crippen LogP contribution >= 0.6 is 23.4 Å². The van der Waals surface area contributed by atoms with Crippen LogP contribution in [-0.2, 0) is 9.59 Å². The van der Waals surface area contributed by atoms with Crippen molar-refractivity contribution in [1.82, 2.24) is 0 Å². The lowest BCUT2D eigenvalue weighted by Crippen LogP contribution is -2.24. The van der Waals surface area contributed by atoms with Gasteiger partial charge in [0.25, 0.3) is 0 Å². The predicted octanol–water partition coefficient (Wildman–Crippen LogP) is 5.34. The zero-order valence-corrected chi connectivity index (χ0v) is 16.4. The summed E-state index contributed by atoms with van der Waals surface area (Å²) in [4.78, 5) is 25.4. The first-order valence-electron chi connectivity index (χ1n) is 8.79. The first-order valence-corrected chi connectivity index (χ1v) is 10.1. The highest BCUT2D eigenvalue weighted by molar-refractivity contribution is 8.00. The summed E-state index contributed by atoms with van der Waals surface area (Å²) in [6.45, 7) is 1.92. The van der Waals surface area contributed by atoms with E-state index in [4.69, 9.17) is 11.6 Å². The van der Waals surface area contributed by atoms with Crippen molar-refractivity contribution in [2.45, 2.75) is 36.3 Å². The third kappa shape index (κ3) is 5.47. The molecule has 1 fully saturated rings. The molecule has 3 rings (SSSR count). The van der Waals surface area contributed by atoms with Gasteiger partial charge in [0, 0.05) is 22.2 Å². The Kier molecular flexibility index (Phi) is 6.39. The number of carbonyl (C=O) groups excluding carboxylic acids is 2. The van der Waals surface area contributed by atoms with Gasteiger partial charge in [-0.05, 0) is 55.7 Å². The molecule has 0 bridgehead atoms. The lowest BCUT2D eigenvalue weighted by Gasteiger charge is -2.15. The monoisotopic (exact) mass is 406 g/mol. The summed E-state index contributed by atoms with van der Waals surface area (Å²) in [5, 5.41) is 5.32. The van der Waals surface area contributed by atoms with E-state index in [0.717, 1.165) is 23.4 Å². The molecule has 2 aromatic rings. The molecular formula is C20H20ClFN2O2S. The second kappa shape index (κ2) is 8.76. The molecule has 1 saturated carbocycles. The second-order valence-corrected chi connectivity index (χ2v) is 8.11. The van der Waals surface area contributed by atoms with Crippen molar-refractivity contribution in [1.29, 1.82) is 0 Å². The quantitative estimate of drug-likeness (QED) is 0.610. The number of rotatable bonds is 7. The van der Waals surface area contributed by atoms with Crippen molar-refractivity contribution in [2.24, 2.45) is 5.92 Å². The van der Waals surface area contributed by atoms with Gasteiger partial charge in [0.15, 0.2) is 0 Å². The van der Waals surface area contributed by atoms with Crippen molar-refractivity contribution in [3.05, 3.63) is 53.3 Å². The average molecular weight is 407 g/mol. The van der Waals surface area contributed by atoms with Gasteiger partial charge in [-0.25, -0.2) is 4.39 Å². The van der Waals surface area contributed by atoms with E-state index in [1.807, 2.05) is 31.2 Å². The Bertz CT molecular complexity index is 858. The van der Waals surface area contributed by atoms with E-state index >= 15 is 0 Å². The first-order chi connectivity index (χ1) is 13.0. The van der Waals surface area contributed by atoms with E-state index in [9.17, 15) is 14.0 Å². The van der Waals surface area contributed by atoms with E-state index in [1.54, 1.807) is 0 Å². The number of thioether (sulfide) groups is 1. The third-order valence-electron chi connectivity index (χ3n) is 4.18. The average Bonchev–Trinajstić information content (AvgIpc) is 3.48. The minimum absolute atomic E-state index is 0.0346. The Morgan fingerprint density at radius 1 is 1.19 bits per heavy atom. The maximum atomic E-state index is 13.3. The minimum Gasteiger partial charge on any atom is -0.326 e. The first kappa shape index (κ1) is 19.7. The van der Waals surface area contributed by atoms with E-state index < -0.39 is 5.82 Å². The molecule has 27 heavy (non-hydrogen) atoms. The zero-order chi connectivity index (χ0) is 19.4. The minimum atomic E-state index is -0.527. The van der Waals surface area contributed by atoms with Crippen molar-refractivity contribution in [2.75, 3.05) is 10.6 Å². The van der Waals surface area contributed by atoms with Crippen LogP contribution in [0.25, 0.3) is 0 Å². The maximum absolute atomic E-state index is 13.3. The van der Waals surface area contributed by atoms with Gasteiger partial charge in [-0.1, -0.05) is 24.6 Å². The molecule has 0 saturated heterocycles. The smallest absolute Gasteiger partial charge is 0.237 e. The number of carbonyl (C=O) groups is 2. The largest absolute Gasteiger partial charge is 0.326 e. The molecule has 1 aliphatic rings. The topological polar surface area (TPSA) is 58.2 Å². The Labute approximate surface area is 166 Å². The summed E-state index contributed by atoms with van der Waals surface area (Å²) in [5.74, 6) is -0.521. The second-order valence-electron chi connectivity index (χ2n) is 6.42. The summed E-state index contributed by atoms with van der Waals surface area (Å²) in [6, 6.07) is 11.6. The molecule has 0 radical (unpaired) electrons. The molecule has 1 atom stereocenters. The van der Waals surface area contributed by atoms with E-state index in [0.29, 0.717) is 12.1 Å². The lowest BCUT2D eigenvalue weighted by atomic mass is 10.2. The summed E-state index contributed by atoms with van der Waals surface area (Å²) in [7, 11) is 0. The summed E-state index contributed by atoms with van der Waals surface area (Å²) in [6.07, 6.45) is 2.52. The lowest BCUT2D eigenvalue weighted by molar-refractivity contribution is -0.117. The number of halogens is 2. The van der Waals surface area contributed by atoms with Crippen LogP contribution in [0.4, 0.5) is 15.8 Å². The van der Waals surface area contributed by atoms with Crippen LogP contribution in [-0.4, -0.2) is 17.1 Å². The van der Waals surface area contributed by atoms with Crippen LogP contribution in [0.1, 0.15) is 26.2 Å². The number of benzene rings is 2. The molecule has 0 heterocycles. The highest BCUT2D eigenvalue weighted by Crippen LogP contribution is 2.32. The van der Waals surface area contributed by atoms with Crippen molar-refractivity contribution < 1.29 is 14.0 Å². The highest BCUT2D eigenvalue weighted by atomic mass is 35.5. The van der Waals surface area contributed by atoms with Gasteiger partial charge in [0.1, 0.15) is 5.82 Å². The van der Waals surface area contributed by atoms with Crippen molar-refractivity contribution in [3.8, 4) is 0 Å².